The molecule has 1 unspecified atom stereocenters. The van der Waals surface area contributed by atoms with Crippen LogP contribution >= 0.6 is 0 Å². The van der Waals surface area contributed by atoms with Crippen LogP contribution in [0.5, 0.6) is 5.75 Å². The minimum absolute atomic E-state index is 0.157. The van der Waals surface area contributed by atoms with E-state index in [2.05, 4.69) is 5.32 Å². The highest BCUT2D eigenvalue weighted by Crippen LogP contribution is 2.25. The van der Waals surface area contributed by atoms with E-state index in [-0.39, 0.29) is 30.5 Å². The average molecular weight is 294 g/mol. The summed E-state index contributed by atoms with van der Waals surface area (Å²) in [5.41, 5.74) is 0.441. The van der Waals surface area contributed by atoms with Gasteiger partial charge in [0.05, 0.1) is 6.61 Å². The minimum Gasteiger partial charge on any atom is -0.491 e. The lowest BCUT2D eigenvalue weighted by Gasteiger charge is -2.23. The highest BCUT2D eigenvalue weighted by molar-refractivity contribution is 6.01. The van der Waals surface area contributed by atoms with Crippen molar-refractivity contribution in [3.8, 4) is 5.75 Å². The molecule has 0 radical (unpaired) electrons. The number of anilines is 1. The summed E-state index contributed by atoms with van der Waals surface area (Å²) in [5, 5.41) is 2.68. The molecule has 114 valence electrons. The smallest absolute Gasteiger partial charge is 0.249 e. The molecule has 0 aromatic heterocycles. The summed E-state index contributed by atoms with van der Waals surface area (Å²) in [7, 11) is 0. The molecule has 2 amide bonds. The Labute approximate surface area is 123 Å². The van der Waals surface area contributed by atoms with Crippen molar-refractivity contribution in [1.82, 2.24) is 5.32 Å². The monoisotopic (exact) mass is 294 g/mol. The number of nitrogens with one attached hydrogen (secondary N) is 1. The standard InChI is InChI=1S/C15H19FN2O3/c1-3-12-15(20)18(8-7-14(19)17-12)10-5-6-13(21-4-2)11(16)9-10/h5-6,9,12H,3-4,7-8H2,1-2H3,(H,17,19). The van der Waals surface area contributed by atoms with Gasteiger partial charge in [-0.1, -0.05) is 6.92 Å². The molecule has 1 N–H and O–H groups in total. The van der Waals surface area contributed by atoms with Crippen LogP contribution in [0.15, 0.2) is 18.2 Å². The Morgan fingerprint density at radius 3 is 2.76 bits per heavy atom. The number of nitrogens with zero attached hydrogens (tertiary/aromatic N) is 1. The fourth-order valence-corrected chi connectivity index (χ4v) is 2.30. The average Bonchev–Trinajstić information content (AvgIpc) is 2.61. The van der Waals surface area contributed by atoms with Gasteiger partial charge in [-0.05, 0) is 25.5 Å². The molecular formula is C15H19FN2O3. The van der Waals surface area contributed by atoms with Crippen LogP contribution in [-0.2, 0) is 9.59 Å². The van der Waals surface area contributed by atoms with Crippen LogP contribution in [0.3, 0.4) is 0 Å². The first kappa shape index (κ1) is 15.3. The lowest BCUT2D eigenvalue weighted by atomic mass is 10.2. The number of benzene rings is 1. The molecule has 1 aromatic carbocycles. The second-order valence-corrected chi connectivity index (χ2v) is 4.82. The van der Waals surface area contributed by atoms with Gasteiger partial charge in [0.25, 0.3) is 0 Å². The third-order valence-electron chi connectivity index (χ3n) is 3.40. The van der Waals surface area contributed by atoms with Crippen molar-refractivity contribution in [2.75, 3.05) is 18.1 Å². The Morgan fingerprint density at radius 2 is 2.14 bits per heavy atom. The number of carbonyl (C=O) groups excluding carboxylic acids is 2. The van der Waals surface area contributed by atoms with Crippen molar-refractivity contribution in [3.05, 3.63) is 24.0 Å². The van der Waals surface area contributed by atoms with Gasteiger partial charge in [-0.3, -0.25) is 9.59 Å². The quantitative estimate of drug-likeness (QED) is 0.922. The summed E-state index contributed by atoms with van der Waals surface area (Å²) in [6.45, 7) is 4.21. The molecule has 1 fully saturated rings. The van der Waals surface area contributed by atoms with Crippen molar-refractivity contribution in [2.45, 2.75) is 32.7 Å². The summed E-state index contributed by atoms with van der Waals surface area (Å²) < 4.78 is 19.1. The normalized spacial score (nSPS) is 19.2. The van der Waals surface area contributed by atoms with Gasteiger partial charge in [0.2, 0.25) is 11.8 Å². The van der Waals surface area contributed by atoms with E-state index in [0.29, 0.717) is 18.7 Å². The van der Waals surface area contributed by atoms with E-state index >= 15 is 0 Å². The summed E-state index contributed by atoms with van der Waals surface area (Å²) in [4.78, 5) is 25.4. The van der Waals surface area contributed by atoms with Gasteiger partial charge in [-0.2, -0.15) is 0 Å². The summed E-state index contributed by atoms with van der Waals surface area (Å²) in [5.74, 6) is -0.737. The number of hydrogen-bond acceptors (Lipinski definition) is 3. The molecule has 6 heteroatoms. The molecule has 1 atom stereocenters. The van der Waals surface area contributed by atoms with Crippen LogP contribution in [0, 0.1) is 5.82 Å². The molecular weight excluding hydrogens is 275 g/mol. The van der Waals surface area contributed by atoms with Gasteiger partial charge in [0.15, 0.2) is 11.6 Å². The van der Waals surface area contributed by atoms with Crippen molar-refractivity contribution in [1.29, 1.82) is 0 Å². The topological polar surface area (TPSA) is 58.6 Å². The van der Waals surface area contributed by atoms with E-state index < -0.39 is 11.9 Å². The molecule has 0 bridgehead atoms. The van der Waals surface area contributed by atoms with Crippen LogP contribution in [0.4, 0.5) is 10.1 Å². The Balaban J connectivity index is 2.28. The molecule has 5 nitrogen and oxygen atoms in total. The second kappa shape index (κ2) is 6.56. The first-order chi connectivity index (χ1) is 10.1. The lowest BCUT2D eigenvalue weighted by molar-refractivity contribution is -0.125. The highest BCUT2D eigenvalue weighted by atomic mass is 19.1. The van der Waals surface area contributed by atoms with Gasteiger partial charge in [-0.15, -0.1) is 0 Å². The Hall–Kier alpha value is -2.11. The Morgan fingerprint density at radius 1 is 1.38 bits per heavy atom. The summed E-state index contributed by atoms with van der Waals surface area (Å²) in [6, 6.07) is 3.84. The first-order valence-corrected chi connectivity index (χ1v) is 7.09. The van der Waals surface area contributed by atoms with E-state index in [1.807, 2.05) is 6.92 Å². The molecule has 0 aliphatic carbocycles. The highest BCUT2D eigenvalue weighted by Gasteiger charge is 2.29. The van der Waals surface area contributed by atoms with Crippen LogP contribution in [0.2, 0.25) is 0 Å². The van der Waals surface area contributed by atoms with E-state index in [1.165, 1.54) is 17.0 Å². The maximum absolute atomic E-state index is 13.9. The Bertz CT molecular complexity index is 548. The fraction of sp³-hybridized carbons (Fsp3) is 0.467. The lowest BCUT2D eigenvalue weighted by Crippen LogP contribution is -2.44. The van der Waals surface area contributed by atoms with Crippen LogP contribution in [0.1, 0.15) is 26.7 Å². The van der Waals surface area contributed by atoms with Gasteiger partial charge in [0.1, 0.15) is 6.04 Å². The van der Waals surface area contributed by atoms with Crippen LogP contribution < -0.4 is 15.0 Å². The number of amides is 2. The summed E-state index contributed by atoms with van der Waals surface area (Å²) in [6.07, 6.45) is 0.706. The Kier molecular flexibility index (Phi) is 4.77. The predicted octanol–water partition coefficient (Wildman–Crippen LogP) is 1.86. The number of rotatable bonds is 4. The minimum atomic E-state index is -0.561. The molecule has 1 aromatic rings. The number of hydrogen-bond donors (Lipinski definition) is 1. The van der Waals surface area contributed by atoms with Crippen molar-refractivity contribution >= 4 is 17.5 Å². The fourth-order valence-electron chi connectivity index (χ4n) is 2.30. The molecule has 1 aliphatic heterocycles. The predicted molar refractivity (Wildman–Crippen MR) is 76.8 cm³/mol. The summed E-state index contributed by atoms with van der Waals surface area (Å²) >= 11 is 0. The number of ether oxygens (including phenoxy) is 1. The van der Waals surface area contributed by atoms with Gasteiger partial charge in [-0.25, -0.2) is 4.39 Å². The SMILES string of the molecule is CCOc1ccc(N2CCC(=O)NC(CC)C2=O)cc1F. The van der Waals surface area contributed by atoms with Crippen LogP contribution in [0.25, 0.3) is 0 Å². The van der Waals surface area contributed by atoms with Crippen molar-refractivity contribution < 1.29 is 18.7 Å². The molecule has 2 rings (SSSR count). The number of carbonyl (C=O) groups is 2. The van der Waals surface area contributed by atoms with E-state index in [4.69, 9.17) is 4.74 Å². The molecule has 1 aliphatic rings. The van der Waals surface area contributed by atoms with Gasteiger partial charge in [0, 0.05) is 24.7 Å². The van der Waals surface area contributed by atoms with E-state index in [1.54, 1.807) is 13.0 Å². The zero-order valence-electron chi connectivity index (χ0n) is 12.2. The maximum Gasteiger partial charge on any atom is 0.249 e. The zero-order chi connectivity index (χ0) is 15.4. The van der Waals surface area contributed by atoms with Crippen LogP contribution in [-0.4, -0.2) is 31.0 Å². The second-order valence-electron chi connectivity index (χ2n) is 4.82. The van der Waals surface area contributed by atoms with Gasteiger partial charge < -0.3 is 15.0 Å². The van der Waals surface area contributed by atoms with E-state index in [9.17, 15) is 14.0 Å². The van der Waals surface area contributed by atoms with Gasteiger partial charge >= 0.3 is 0 Å². The maximum atomic E-state index is 13.9. The number of halogens is 1. The van der Waals surface area contributed by atoms with Crippen molar-refractivity contribution in [2.24, 2.45) is 0 Å². The zero-order valence-corrected chi connectivity index (χ0v) is 12.2. The first-order valence-electron chi connectivity index (χ1n) is 7.09. The largest absolute Gasteiger partial charge is 0.491 e. The molecule has 1 heterocycles. The molecule has 0 spiro atoms. The third kappa shape index (κ3) is 3.32. The molecule has 1 saturated heterocycles. The van der Waals surface area contributed by atoms with E-state index in [0.717, 1.165) is 0 Å². The molecule has 0 saturated carbocycles. The molecule has 21 heavy (non-hydrogen) atoms. The van der Waals surface area contributed by atoms with Crippen molar-refractivity contribution in [3.63, 3.8) is 0 Å². The third-order valence-corrected chi connectivity index (χ3v) is 3.40.